The Labute approximate surface area is 145 Å². The van der Waals surface area contributed by atoms with Crippen LogP contribution in [0.3, 0.4) is 0 Å². The topological polar surface area (TPSA) is 99.0 Å². The summed E-state index contributed by atoms with van der Waals surface area (Å²) in [6, 6.07) is 7.72. The van der Waals surface area contributed by atoms with Crippen LogP contribution in [0.25, 0.3) is 5.82 Å². The predicted molar refractivity (Wildman–Crippen MR) is 92.3 cm³/mol. The lowest BCUT2D eigenvalue weighted by Gasteiger charge is -2.10. The molecule has 0 unspecified atom stereocenters. The molecule has 0 aliphatic carbocycles. The van der Waals surface area contributed by atoms with E-state index in [0.29, 0.717) is 18.2 Å². The fourth-order valence-electron chi connectivity index (χ4n) is 2.23. The summed E-state index contributed by atoms with van der Waals surface area (Å²) in [5.74, 6) is 2.04. The molecule has 2 aromatic heterocycles. The highest BCUT2D eigenvalue weighted by atomic mass is 32.2. The van der Waals surface area contributed by atoms with Crippen molar-refractivity contribution in [3.05, 3.63) is 54.9 Å². The molecule has 130 valence electrons. The summed E-state index contributed by atoms with van der Waals surface area (Å²) in [7, 11) is -3.76. The zero-order chi connectivity index (χ0) is 17.9. The summed E-state index contributed by atoms with van der Waals surface area (Å²) in [5.41, 5.74) is 0. The quantitative estimate of drug-likeness (QED) is 0.724. The van der Waals surface area contributed by atoms with E-state index in [4.69, 9.17) is 4.74 Å². The number of aromatic nitrogens is 4. The van der Waals surface area contributed by atoms with Crippen LogP contribution in [0.15, 0.2) is 53.9 Å². The van der Waals surface area contributed by atoms with Gasteiger partial charge in [0, 0.05) is 18.5 Å². The molecule has 0 radical (unpaired) electrons. The minimum Gasteiger partial charge on any atom is -0.494 e. The standard InChI is InChI=1S/C16H17N5O3S/c1-3-24-13-4-6-14(7-5-13)25(22,23)20-15-10-16(19-11-18-15)21-9-8-17-12(21)2/h4-11H,3H2,1-2H3,(H,18,19,20). The van der Waals surface area contributed by atoms with E-state index >= 15 is 0 Å². The smallest absolute Gasteiger partial charge is 0.263 e. The minimum atomic E-state index is -3.76. The molecule has 0 fully saturated rings. The SMILES string of the molecule is CCOc1ccc(S(=O)(=O)Nc2cc(-n3ccnc3C)ncn2)cc1. The van der Waals surface area contributed by atoms with Gasteiger partial charge in [-0.25, -0.2) is 23.4 Å². The van der Waals surface area contributed by atoms with Crippen LogP contribution in [-0.4, -0.2) is 34.5 Å². The van der Waals surface area contributed by atoms with E-state index in [1.54, 1.807) is 35.2 Å². The number of aryl methyl sites for hydroxylation is 1. The highest BCUT2D eigenvalue weighted by Crippen LogP contribution is 2.19. The third kappa shape index (κ3) is 3.77. The van der Waals surface area contributed by atoms with E-state index in [2.05, 4.69) is 19.7 Å². The maximum absolute atomic E-state index is 12.5. The fraction of sp³-hybridized carbons (Fsp3) is 0.188. The van der Waals surface area contributed by atoms with Gasteiger partial charge in [-0.05, 0) is 38.1 Å². The van der Waals surface area contributed by atoms with Crippen molar-refractivity contribution >= 4 is 15.8 Å². The number of sulfonamides is 1. The number of nitrogens with one attached hydrogen (secondary N) is 1. The number of ether oxygens (including phenoxy) is 1. The van der Waals surface area contributed by atoms with Crippen LogP contribution in [0.2, 0.25) is 0 Å². The molecule has 0 saturated carbocycles. The Hall–Kier alpha value is -2.94. The van der Waals surface area contributed by atoms with Crippen molar-refractivity contribution in [3.8, 4) is 11.6 Å². The zero-order valence-electron chi connectivity index (χ0n) is 13.7. The number of imidazole rings is 1. The Kier molecular flexibility index (Phi) is 4.66. The van der Waals surface area contributed by atoms with Crippen LogP contribution >= 0.6 is 0 Å². The van der Waals surface area contributed by atoms with Gasteiger partial charge in [-0.1, -0.05) is 0 Å². The lowest BCUT2D eigenvalue weighted by atomic mass is 10.3. The molecule has 0 amide bonds. The third-order valence-corrected chi connectivity index (χ3v) is 4.78. The Bertz CT molecular complexity index is 967. The molecular weight excluding hydrogens is 342 g/mol. The van der Waals surface area contributed by atoms with Gasteiger partial charge < -0.3 is 4.74 Å². The Balaban J connectivity index is 1.85. The van der Waals surface area contributed by atoms with Crippen molar-refractivity contribution in [1.82, 2.24) is 19.5 Å². The van der Waals surface area contributed by atoms with Crippen molar-refractivity contribution in [2.45, 2.75) is 18.7 Å². The van der Waals surface area contributed by atoms with Gasteiger partial charge in [0.25, 0.3) is 10.0 Å². The lowest BCUT2D eigenvalue weighted by Crippen LogP contribution is -2.14. The molecule has 3 aromatic rings. The van der Waals surface area contributed by atoms with Gasteiger partial charge in [-0.15, -0.1) is 0 Å². The Morgan fingerprint density at radius 2 is 1.92 bits per heavy atom. The largest absolute Gasteiger partial charge is 0.494 e. The average Bonchev–Trinajstić information content (AvgIpc) is 3.02. The van der Waals surface area contributed by atoms with E-state index in [1.807, 2.05) is 13.8 Å². The Morgan fingerprint density at radius 3 is 2.56 bits per heavy atom. The molecule has 25 heavy (non-hydrogen) atoms. The van der Waals surface area contributed by atoms with Crippen molar-refractivity contribution in [2.24, 2.45) is 0 Å². The molecule has 0 aliphatic rings. The fourth-order valence-corrected chi connectivity index (χ4v) is 3.23. The summed E-state index contributed by atoms with van der Waals surface area (Å²) in [6.07, 6.45) is 4.68. The van der Waals surface area contributed by atoms with E-state index in [9.17, 15) is 8.42 Å². The molecule has 9 heteroatoms. The van der Waals surface area contributed by atoms with Crippen LogP contribution < -0.4 is 9.46 Å². The first-order chi connectivity index (χ1) is 12.0. The van der Waals surface area contributed by atoms with Crippen LogP contribution in [0.1, 0.15) is 12.7 Å². The minimum absolute atomic E-state index is 0.120. The van der Waals surface area contributed by atoms with Crippen molar-refractivity contribution in [3.63, 3.8) is 0 Å². The number of hydrogen-bond donors (Lipinski definition) is 1. The number of nitrogens with zero attached hydrogens (tertiary/aromatic N) is 4. The third-order valence-electron chi connectivity index (χ3n) is 3.41. The van der Waals surface area contributed by atoms with Crippen LogP contribution in [0.5, 0.6) is 5.75 Å². The summed E-state index contributed by atoms with van der Waals surface area (Å²) in [6.45, 7) is 4.20. The highest BCUT2D eigenvalue weighted by molar-refractivity contribution is 7.92. The van der Waals surface area contributed by atoms with Crippen molar-refractivity contribution < 1.29 is 13.2 Å². The van der Waals surface area contributed by atoms with Gasteiger partial charge >= 0.3 is 0 Å². The summed E-state index contributed by atoms with van der Waals surface area (Å²) >= 11 is 0. The number of benzene rings is 1. The summed E-state index contributed by atoms with van der Waals surface area (Å²) < 4.78 is 34.5. The number of anilines is 1. The first-order valence-corrected chi connectivity index (χ1v) is 9.06. The first kappa shape index (κ1) is 16.9. The van der Waals surface area contributed by atoms with Gasteiger partial charge in [0.1, 0.15) is 29.5 Å². The molecule has 0 spiro atoms. The number of hydrogen-bond acceptors (Lipinski definition) is 6. The van der Waals surface area contributed by atoms with Gasteiger partial charge in [0.2, 0.25) is 0 Å². The van der Waals surface area contributed by atoms with Gasteiger partial charge in [0.15, 0.2) is 0 Å². The van der Waals surface area contributed by atoms with Crippen LogP contribution in [0.4, 0.5) is 5.82 Å². The summed E-state index contributed by atoms with van der Waals surface area (Å²) in [5, 5.41) is 0. The normalized spacial score (nSPS) is 11.3. The van der Waals surface area contributed by atoms with Gasteiger partial charge in [0.05, 0.1) is 11.5 Å². The molecule has 3 rings (SSSR count). The second-order valence-electron chi connectivity index (χ2n) is 5.12. The molecule has 0 saturated heterocycles. The molecule has 1 aromatic carbocycles. The molecule has 0 bridgehead atoms. The molecule has 8 nitrogen and oxygen atoms in total. The molecule has 1 N–H and O–H groups in total. The predicted octanol–water partition coefficient (Wildman–Crippen LogP) is 2.17. The molecule has 0 aliphatic heterocycles. The Morgan fingerprint density at radius 1 is 1.16 bits per heavy atom. The average molecular weight is 359 g/mol. The zero-order valence-corrected chi connectivity index (χ0v) is 14.6. The van der Waals surface area contributed by atoms with E-state index in [1.165, 1.54) is 18.5 Å². The highest BCUT2D eigenvalue weighted by Gasteiger charge is 2.16. The summed E-state index contributed by atoms with van der Waals surface area (Å²) in [4.78, 5) is 12.4. The molecule has 2 heterocycles. The van der Waals surface area contributed by atoms with Gasteiger partial charge in [-0.3, -0.25) is 9.29 Å². The maximum Gasteiger partial charge on any atom is 0.263 e. The van der Waals surface area contributed by atoms with E-state index < -0.39 is 10.0 Å². The second-order valence-corrected chi connectivity index (χ2v) is 6.80. The molecule has 0 atom stereocenters. The van der Waals surface area contributed by atoms with Crippen molar-refractivity contribution in [2.75, 3.05) is 11.3 Å². The van der Waals surface area contributed by atoms with Gasteiger partial charge in [-0.2, -0.15) is 0 Å². The lowest BCUT2D eigenvalue weighted by molar-refractivity contribution is 0.340. The first-order valence-electron chi connectivity index (χ1n) is 7.57. The monoisotopic (exact) mass is 359 g/mol. The second kappa shape index (κ2) is 6.89. The van der Waals surface area contributed by atoms with Crippen molar-refractivity contribution in [1.29, 1.82) is 0 Å². The molecular formula is C16H17N5O3S. The van der Waals surface area contributed by atoms with E-state index in [-0.39, 0.29) is 10.7 Å². The maximum atomic E-state index is 12.5. The van der Waals surface area contributed by atoms with E-state index in [0.717, 1.165) is 5.82 Å². The van der Waals surface area contributed by atoms with Crippen LogP contribution in [0, 0.1) is 6.92 Å². The number of rotatable bonds is 6. The van der Waals surface area contributed by atoms with Crippen LogP contribution in [-0.2, 0) is 10.0 Å².